The number of hydrogen-bond acceptors (Lipinski definition) is 2. The molecule has 17 heavy (non-hydrogen) atoms. The highest BCUT2D eigenvalue weighted by atomic mass is 16.5. The van der Waals surface area contributed by atoms with Gasteiger partial charge in [0.05, 0.1) is 7.11 Å². The molecule has 2 nitrogen and oxygen atoms in total. The second kappa shape index (κ2) is 4.44. The van der Waals surface area contributed by atoms with Crippen molar-refractivity contribution in [3.8, 4) is 5.75 Å². The van der Waals surface area contributed by atoms with E-state index < -0.39 is 0 Å². The van der Waals surface area contributed by atoms with Crippen molar-refractivity contribution in [1.29, 1.82) is 0 Å². The molecule has 90 valence electrons. The zero-order chi connectivity index (χ0) is 11.7. The third-order valence-electron chi connectivity index (χ3n) is 3.91. The minimum Gasteiger partial charge on any atom is -0.497 e. The molecule has 2 aliphatic rings. The molecule has 1 heterocycles. The highest BCUT2D eigenvalue weighted by molar-refractivity contribution is 5.57. The Morgan fingerprint density at radius 2 is 2.24 bits per heavy atom. The van der Waals surface area contributed by atoms with Crippen molar-refractivity contribution in [3.63, 3.8) is 0 Å². The quantitative estimate of drug-likeness (QED) is 0.768. The molecule has 1 fully saturated rings. The molecule has 0 N–H and O–H groups in total. The molecule has 1 unspecified atom stereocenters. The van der Waals surface area contributed by atoms with Crippen molar-refractivity contribution in [2.75, 3.05) is 18.6 Å². The average Bonchev–Trinajstić information content (AvgIpc) is 2.82. The van der Waals surface area contributed by atoms with E-state index in [4.69, 9.17) is 4.74 Å². The van der Waals surface area contributed by atoms with Gasteiger partial charge in [-0.1, -0.05) is 12.1 Å². The molecule has 1 aromatic carbocycles. The van der Waals surface area contributed by atoms with Crippen molar-refractivity contribution in [1.82, 2.24) is 0 Å². The summed E-state index contributed by atoms with van der Waals surface area (Å²) >= 11 is 0. The summed E-state index contributed by atoms with van der Waals surface area (Å²) in [4.78, 5) is 2.46. The van der Waals surface area contributed by atoms with Crippen LogP contribution in [0.4, 0.5) is 5.69 Å². The Balaban J connectivity index is 1.91. The maximum Gasteiger partial charge on any atom is 0.120 e. The van der Waals surface area contributed by atoms with Gasteiger partial charge >= 0.3 is 0 Å². The minimum atomic E-state index is 0.801. The lowest BCUT2D eigenvalue weighted by atomic mass is 9.92. The fourth-order valence-corrected chi connectivity index (χ4v) is 3.02. The Hall–Kier alpha value is -1.44. The second-order valence-corrected chi connectivity index (χ2v) is 4.90. The van der Waals surface area contributed by atoms with Crippen LogP contribution in [0, 0.1) is 5.92 Å². The molecule has 1 atom stereocenters. The number of nitrogens with zero attached hydrogens (tertiary/aromatic N) is 1. The Kier molecular flexibility index (Phi) is 2.79. The van der Waals surface area contributed by atoms with E-state index in [1.807, 2.05) is 6.07 Å². The van der Waals surface area contributed by atoms with Gasteiger partial charge in [0.15, 0.2) is 0 Å². The van der Waals surface area contributed by atoms with Crippen LogP contribution < -0.4 is 9.64 Å². The molecule has 1 aromatic rings. The molecule has 1 aliphatic heterocycles. The van der Waals surface area contributed by atoms with E-state index in [0.29, 0.717) is 0 Å². The number of rotatable bonds is 2. The predicted octanol–water partition coefficient (Wildman–Crippen LogP) is 3.59. The summed E-state index contributed by atoms with van der Waals surface area (Å²) in [6, 6.07) is 8.40. The third kappa shape index (κ3) is 1.92. The van der Waals surface area contributed by atoms with E-state index in [0.717, 1.165) is 18.2 Å². The van der Waals surface area contributed by atoms with E-state index in [-0.39, 0.29) is 0 Å². The summed E-state index contributed by atoms with van der Waals surface area (Å²) in [7, 11) is 1.73. The molecular weight excluding hydrogens is 210 g/mol. The molecular formula is C15H19NO. The highest BCUT2D eigenvalue weighted by Gasteiger charge is 2.29. The van der Waals surface area contributed by atoms with Gasteiger partial charge < -0.3 is 9.64 Å². The first-order valence-electron chi connectivity index (χ1n) is 6.50. The Morgan fingerprint density at radius 1 is 1.29 bits per heavy atom. The van der Waals surface area contributed by atoms with Gasteiger partial charge in [-0.2, -0.15) is 0 Å². The lowest BCUT2D eigenvalue weighted by molar-refractivity contribution is 0.415. The van der Waals surface area contributed by atoms with E-state index >= 15 is 0 Å². The topological polar surface area (TPSA) is 12.5 Å². The van der Waals surface area contributed by atoms with Gasteiger partial charge in [0.2, 0.25) is 0 Å². The number of methoxy groups -OCH3 is 1. The van der Waals surface area contributed by atoms with Crippen LogP contribution >= 0.6 is 0 Å². The van der Waals surface area contributed by atoms with Crippen LogP contribution in [0.15, 0.2) is 36.0 Å². The van der Waals surface area contributed by atoms with Gasteiger partial charge in [-0.05, 0) is 37.8 Å². The van der Waals surface area contributed by atoms with Gasteiger partial charge in [-0.3, -0.25) is 0 Å². The van der Waals surface area contributed by atoms with Crippen molar-refractivity contribution in [2.45, 2.75) is 25.7 Å². The van der Waals surface area contributed by atoms with Crippen LogP contribution in [0.1, 0.15) is 25.7 Å². The first kappa shape index (κ1) is 10.7. The Morgan fingerprint density at radius 3 is 3.12 bits per heavy atom. The normalized spacial score (nSPS) is 23.2. The third-order valence-corrected chi connectivity index (χ3v) is 3.91. The summed E-state index contributed by atoms with van der Waals surface area (Å²) in [6.07, 6.45) is 7.71. The molecule has 0 spiro atoms. The number of allylic oxidation sites excluding steroid dienone is 2. The number of hydrogen-bond donors (Lipinski definition) is 0. The summed E-state index contributed by atoms with van der Waals surface area (Å²) in [5.74, 6) is 1.75. The average molecular weight is 229 g/mol. The summed E-state index contributed by atoms with van der Waals surface area (Å²) < 4.78 is 5.30. The van der Waals surface area contributed by atoms with Crippen molar-refractivity contribution >= 4 is 5.69 Å². The van der Waals surface area contributed by atoms with E-state index in [2.05, 4.69) is 29.2 Å². The van der Waals surface area contributed by atoms with Crippen LogP contribution in [0.25, 0.3) is 0 Å². The van der Waals surface area contributed by atoms with Crippen LogP contribution in [0.3, 0.4) is 0 Å². The zero-order valence-corrected chi connectivity index (χ0v) is 10.4. The number of anilines is 1. The summed E-state index contributed by atoms with van der Waals surface area (Å²) in [5.41, 5.74) is 2.82. The minimum absolute atomic E-state index is 0.801. The summed E-state index contributed by atoms with van der Waals surface area (Å²) in [6.45, 7) is 1.16. The first-order chi connectivity index (χ1) is 8.38. The highest BCUT2D eigenvalue weighted by Crippen LogP contribution is 2.39. The van der Waals surface area contributed by atoms with Gasteiger partial charge in [0.1, 0.15) is 5.75 Å². The van der Waals surface area contributed by atoms with Gasteiger partial charge in [0.25, 0.3) is 0 Å². The number of fused-ring (bicyclic) bond motifs is 1. The lowest BCUT2D eigenvalue weighted by Gasteiger charge is -2.25. The van der Waals surface area contributed by atoms with Crippen LogP contribution in [0.5, 0.6) is 5.75 Å². The fraction of sp³-hybridized carbons (Fsp3) is 0.467. The molecule has 0 aromatic heterocycles. The predicted molar refractivity (Wildman–Crippen MR) is 70.4 cm³/mol. The molecule has 1 aliphatic carbocycles. The molecule has 0 amide bonds. The Labute approximate surface area is 103 Å². The molecule has 3 rings (SSSR count). The molecule has 0 bridgehead atoms. The van der Waals surface area contributed by atoms with Gasteiger partial charge in [-0.15, -0.1) is 0 Å². The maximum absolute atomic E-state index is 5.30. The van der Waals surface area contributed by atoms with Crippen LogP contribution in [0.2, 0.25) is 0 Å². The van der Waals surface area contributed by atoms with E-state index in [1.54, 1.807) is 12.8 Å². The van der Waals surface area contributed by atoms with Crippen molar-refractivity contribution in [3.05, 3.63) is 36.0 Å². The molecule has 0 saturated carbocycles. The fourth-order valence-electron chi connectivity index (χ4n) is 3.02. The molecule has 1 saturated heterocycles. The second-order valence-electron chi connectivity index (χ2n) is 4.90. The molecule has 0 radical (unpaired) electrons. The van der Waals surface area contributed by atoms with Crippen molar-refractivity contribution in [2.24, 2.45) is 5.92 Å². The zero-order valence-electron chi connectivity index (χ0n) is 10.4. The maximum atomic E-state index is 5.30. The van der Waals surface area contributed by atoms with Crippen LogP contribution in [-0.2, 0) is 0 Å². The standard InChI is InChI=1S/C15H19NO/c1-17-14-7-4-6-13(11-14)16-10-9-12-5-2-3-8-15(12)16/h4,6-8,11-12H,2-3,5,9-10H2,1H3. The lowest BCUT2D eigenvalue weighted by Crippen LogP contribution is -2.19. The summed E-state index contributed by atoms with van der Waals surface area (Å²) in [5, 5.41) is 0. The Bertz CT molecular complexity index is 438. The molecule has 2 heteroatoms. The number of benzene rings is 1. The largest absolute Gasteiger partial charge is 0.497 e. The van der Waals surface area contributed by atoms with E-state index in [9.17, 15) is 0 Å². The smallest absolute Gasteiger partial charge is 0.120 e. The van der Waals surface area contributed by atoms with Gasteiger partial charge in [-0.25, -0.2) is 0 Å². The number of ether oxygens (including phenoxy) is 1. The first-order valence-corrected chi connectivity index (χ1v) is 6.50. The van der Waals surface area contributed by atoms with Crippen molar-refractivity contribution < 1.29 is 4.74 Å². The monoisotopic (exact) mass is 229 g/mol. The van der Waals surface area contributed by atoms with Crippen LogP contribution in [-0.4, -0.2) is 13.7 Å². The SMILES string of the molecule is COc1cccc(N2CCC3CCCC=C32)c1. The van der Waals surface area contributed by atoms with E-state index in [1.165, 1.54) is 31.4 Å². The van der Waals surface area contributed by atoms with Gasteiger partial charge in [0, 0.05) is 29.9 Å².